The van der Waals surface area contributed by atoms with Crippen molar-refractivity contribution in [2.45, 2.75) is 52.9 Å². The molecule has 2 saturated carbocycles. The van der Waals surface area contributed by atoms with Gasteiger partial charge in [0.15, 0.2) is 0 Å². The molecule has 0 aromatic carbocycles. The van der Waals surface area contributed by atoms with Gasteiger partial charge in [0.05, 0.1) is 0 Å². The summed E-state index contributed by atoms with van der Waals surface area (Å²) in [6.07, 6.45) is 6.68. The van der Waals surface area contributed by atoms with Crippen LogP contribution in [0.5, 0.6) is 0 Å². The van der Waals surface area contributed by atoms with E-state index in [2.05, 4.69) is 36.4 Å². The van der Waals surface area contributed by atoms with E-state index in [1.165, 1.54) is 25.7 Å². The van der Waals surface area contributed by atoms with E-state index in [9.17, 15) is 0 Å². The molecule has 3 rings (SSSR count). The van der Waals surface area contributed by atoms with Crippen molar-refractivity contribution in [3.63, 3.8) is 0 Å². The van der Waals surface area contributed by atoms with Gasteiger partial charge in [-0.1, -0.05) is 13.3 Å². The molecular weight excluding hydrogens is 260 g/mol. The van der Waals surface area contributed by atoms with Crippen molar-refractivity contribution in [2.75, 3.05) is 23.7 Å². The van der Waals surface area contributed by atoms with Crippen LogP contribution < -0.4 is 10.6 Å². The van der Waals surface area contributed by atoms with Crippen LogP contribution in [0.15, 0.2) is 0 Å². The van der Waals surface area contributed by atoms with Gasteiger partial charge in [0.25, 0.3) is 0 Å². The van der Waals surface area contributed by atoms with Crippen LogP contribution >= 0.6 is 0 Å². The van der Waals surface area contributed by atoms with Crippen molar-refractivity contribution in [1.82, 2.24) is 9.97 Å². The van der Waals surface area contributed by atoms with Crippen LogP contribution in [0.25, 0.3) is 0 Å². The smallest absolute Gasteiger partial charge is 0.134 e. The summed E-state index contributed by atoms with van der Waals surface area (Å²) in [7, 11) is 0. The van der Waals surface area contributed by atoms with Crippen LogP contribution in [0.2, 0.25) is 0 Å². The van der Waals surface area contributed by atoms with E-state index >= 15 is 0 Å². The van der Waals surface area contributed by atoms with E-state index in [4.69, 9.17) is 4.98 Å². The molecule has 0 saturated heterocycles. The van der Waals surface area contributed by atoms with E-state index < -0.39 is 0 Å². The number of nitrogens with one attached hydrogen (secondary N) is 2. The molecule has 0 radical (unpaired) electrons. The predicted molar refractivity (Wildman–Crippen MR) is 87.7 cm³/mol. The first-order chi connectivity index (χ1) is 10.2. The van der Waals surface area contributed by atoms with E-state index in [1.54, 1.807) is 0 Å². The predicted octanol–water partition coefficient (Wildman–Crippen LogP) is 3.63. The van der Waals surface area contributed by atoms with Crippen molar-refractivity contribution in [3.05, 3.63) is 11.4 Å². The fraction of sp³-hybridized carbons (Fsp3) is 0.765. The Hall–Kier alpha value is -1.32. The number of aryl methyl sites for hydroxylation is 1. The number of anilines is 2. The molecular formula is C17H28N4. The molecule has 2 aliphatic rings. The average molecular weight is 288 g/mol. The van der Waals surface area contributed by atoms with Gasteiger partial charge >= 0.3 is 0 Å². The van der Waals surface area contributed by atoms with Gasteiger partial charge in [0.1, 0.15) is 17.5 Å². The van der Waals surface area contributed by atoms with Crippen LogP contribution in [0.3, 0.4) is 0 Å². The van der Waals surface area contributed by atoms with E-state index in [-0.39, 0.29) is 0 Å². The minimum Gasteiger partial charge on any atom is -0.370 e. The van der Waals surface area contributed by atoms with Crippen molar-refractivity contribution < 1.29 is 0 Å². The van der Waals surface area contributed by atoms with Gasteiger partial charge < -0.3 is 10.6 Å². The number of hydrogen-bond donors (Lipinski definition) is 2. The molecule has 2 fully saturated rings. The molecule has 1 aromatic heterocycles. The quantitative estimate of drug-likeness (QED) is 0.839. The second-order valence-electron chi connectivity index (χ2n) is 6.66. The molecule has 0 aliphatic heterocycles. The van der Waals surface area contributed by atoms with Gasteiger partial charge in [-0.05, 0) is 50.9 Å². The number of nitrogens with zero attached hydrogens (tertiary/aromatic N) is 2. The number of rotatable bonds is 6. The first-order valence-electron chi connectivity index (χ1n) is 8.56. The highest BCUT2D eigenvalue weighted by molar-refractivity contribution is 5.57. The molecule has 4 heteroatoms. The van der Waals surface area contributed by atoms with Crippen LogP contribution in [0, 0.1) is 24.7 Å². The normalized spacial score (nSPS) is 27.1. The zero-order valence-corrected chi connectivity index (χ0v) is 13.6. The second kappa shape index (κ2) is 6.20. The molecule has 2 bridgehead atoms. The summed E-state index contributed by atoms with van der Waals surface area (Å²) in [5, 5.41) is 6.98. The van der Waals surface area contributed by atoms with Gasteiger partial charge in [-0.15, -0.1) is 0 Å². The van der Waals surface area contributed by atoms with Crippen molar-refractivity contribution in [1.29, 1.82) is 0 Å². The molecule has 3 atom stereocenters. The van der Waals surface area contributed by atoms with Gasteiger partial charge in [-0.25, -0.2) is 9.97 Å². The lowest BCUT2D eigenvalue weighted by atomic mass is 9.89. The summed E-state index contributed by atoms with van der Waals surface area (Å²) in [6, 6.07) is 0. The Bertz CT molecular complexity index is 500. The molecule has 4 nitrogen and oxygen atoms in total. The van der Waals surface area contributed by atoms with E-state index in [0.29, 0.717) is 0 Å². The molecule has 1 heterocycles. The second-order valence-corrected chi connectivity index (χ2v) is 6.66. The third-order valence-electron chi connectivity index (χ3n) is 5.27. The molecule has 0 spiro atoms. The minimum absolute atomic E-state index is 0.853. The fourth-order valence-corrected chi connectivity index (χ4v) is 4.09. The van der Waals surface area contributed by atoms with Crippen molar-refractivity contribution in [3.8, 4) is 0 Å². The largest absolute Gasteiger partial charge is 0.370 e. The Morgan fingerprint density at radius 3 is 2.38 bits per heavy atom. The number of hydrogen-bond acceptors (Lipinski definition) is 4. The zero-order valence-electron chi connectivity index (χ0n) is 13.6. The lowest BCUT2D eigenvalue weighted by molar-refractivity contribution is 0.348. The van der Waals surface area contributed by atoms with Gasteiger partial charge in [0, 0.05) is 25.1 Å². The summed E-state index contributed by atoms with van der Waals surface area (Å²) < 4.78 is 0. The standard InChI is InChI=1S/C17H28N4/c1-4-15-20-16(18-5-2)11(3)17(21-15)19-10-14-9-12-6-7-13(14)8-12/h12-14H,4-10H2,1-3H3,(H2,18,19,20,21). The van der Waals surface area contributed by atoms with Crippen LogP contribution in [0.4, 0.5) is 11.6 Å². The molecule has 0 amide bonds. The SMILES string of the molecule is CCNc1nc(CC)nc(NCC2CC3CCC2C3)c1C. The van der Waals surface area contributed by atoms with Crippen molar-refractivity contribution in [2.24, 2.45) is 17.8 Å². The maximum Gasteiger partial charge on any atom is 0.134 e. The highest BCUT2D eigenvalue weighted by atomic mass is 15.1. The summed E-state index contributed by atoms with van der Waals surface area (Å²) in [5.74, 6) is 5.76. The Morgan fingerprint density at radius 2 is 1.81 bits per heavy atom. The van der Waals surface area contributed by atoms with Crippen LogP contribution in [0.1, 0.15) is 50.9 Å². The average Bonchev–Trinajstić information content (AvgIpc) is 3.11. The number of fused-ring (bicyclic) bond motifs is 2. The van der Waals surface area contributed by atoms with Gasteiger partial charge in [-0.3, -0.25) is 0 Å². The number of aromatic nitrogens is 2. The summed E-state index contributed by atoms with van der Waals surface area (Å²) in [6.45, 7) is 8.30. The van der Waals surface area contributed by atoms with Crippen molar-refractivity contribution >= 4 is 11.6 Å². The third kappa shape index (κ3) is 2.99. The highest BCUT2D eigenvalue weighted by Crippen LogP contribution is 2.48. The Labute approximate surface area is 128 Å². The molecule has 21 heavy (non-hydrogen) atoms. The Kier molecular flexibility index (Phi) is 4.32. The topological polar surface area (TPSA) is 49.8 Å². The maximum absolute atomic E-state index is 4.69. The minimum atomic E-state index is 0.853. The monoisotopic (exact) mass is 288 g/mol. The van der Waals surface area contributed by atoms with Gasteiger partial charge in [-0.2, -0.15) is 0 Å². The first kappa shape index (κ1) is 14.6. The van der Waals surface area contributed by atoms with Crippen LogP contribution in [-0.2, 0) is 6.42 Å². The Balaban J connectivity index is 1.70. The third-order valence-corrected chi connectivity index (χ3v) is 5.27. The lowest BCUT2D eigenvalue weighted by Crippen LogP contribution is -2.21. The molecule has 2 N–H and O–H groups in total. The zero-order chi connectivity index (χ0) is 14.8. The lowest BCUT2D eigenvalue weighted by Gasteiger charge is -2.23. The first-order valence-corrected chi connectivity index (χ1v) is 8.56. The molecule has 116 valence electrons. The Morgan fingerprint density at radius 1 is 1.05 bits per heavy atom. The summed E-state index contributed by atoms with van der Waals surface area (Å²) >= 11 is 0. The van der Waals surface area contributed by atoms with E-state index in [0.717, 1.165) is 60.3 Å². The maximum atomic E-state index is 4.69. The molecule has 2 aliphatic carbocycles. The molecule has 3 unspecified atom stereocenters. The summed E-state index contributed by atoms with van der Waals surface area (Å²) in [5.41, 5.74) is 1.15. The van der Waals surface area contributed by atoms with Crippen LogP contribution in [-0.4, -0.2) is 23.1 Å². The molecule has 1 aromatic rings. The fourth-order valence-electron chi connectivity index (χ4n) is 4.09. The van der Waals surface area contributed by atoms with E-state index in [1.807, 2.05) is 0 Å². The summed E-state index contributed by atoms with van der Waals surface area (Å²) in [4.78, 5) is 9.29. The highest BCUT2D eigenvalue weighted by Gasteiger charge is 2.39. The van der Waals surface area contributed by atoms with Gasteiger partial charge in [0.2, 0.25) is 0 Å².